The second-order valence-electron chi connectivity index (χ2n) is 5.79. The summed E-state index contributed by atoms with van der Waals surface area (Å²) in [6, 6.07) is 1.41. The largest absolute Gasteiger partial charge is 0.309 e. The van der Waals surface area contributed by atoms with Gasteiger partial charge in [-0.1, -0.05) is 27.2 Å². The molecule has 2 heteroatoms. The van der Waals surface area contributed by atoms with Crippen LogP contribution in [-0.2, 0) is 0 Å². The fourth-order valence-electron chi connectivity index (χ4n) is 2.52. The van der Waals surface area contributed by atoms with Crippen molar-refractivity contribution >= 4 is 0 Å². The Morgan fingerprint density at radius 2 is 1.93 bits per heavy atom. The van der Waals surface area contributed by atoms with Gasteiger partial charge in [0.25, 0.3) is 0 Å². The van der Waals surface area contributed by atoms with E-state index >= 15 is 0 Å². The second kappa shape index (κ2) is 5.86. The predicted molar refractivity (Wildman–Crippen MR) is 67.1 cm³/mol. The number of likely N-dealkylation sites (N-methyl/N-ethyl adjacent to an activating group) is 1. The van der Waals surface area contributed by atoms with Crippen molar-refractivity contribution in [2.45, 2.75) is 52.1 Å². The highest BCUT2D eigenvalue weighted by molar-refractivity contribution is 4.85. The molecule has 0 heterocycles. The molecule has 1 rings (SSSR count). The molecule has 2 nitrogen and oxygen atoms in total. The van der Waals surface area contributed by atoms with Crippen molar-refractivity contribution in [1.29, 1.82) is 0 Å². The molecule has 0 aromatic carbocycles. The first-order chi connectivity index (χ1) is 7.00. The molecule has 90 valence electrons. The predicted octanol–water partition coefficient (Wildman–Crippen LogP) is 2.35. The van der Waals surface area contributed by atoms with E-state index in [1.807, 2.05) is 0 Å². The van der Waals surface area contributed by atoms with Crippen molar-refractivity contribution in [3.8, 4) is 0 Å². The topological polar surface area (TPSA) is 15.3 Å². The van der Waals surface area contributed by atoms with Crippen LogP contribution < -0.4 is 5.32 Å². The summed E-state index contributed by atoms with van der Waals surface area (Å²) in [7, 11) is 4.32. The third-order valence-electron chi connectivity index (χ3n) is 3.66. The summed E-state index contributed by atoms with van der Waals surface area (Å²) < 4.78 is 0. The SMILES string of the molecule is CC(C)C(CN(C)C)NC1CCCC1C. The molecule has 3 unspecified atom stereocenters. The van der Waals surface area contributed by atoms with E-state index in [1.165, 1.54) is 19.3 Å². The molecule has 0 aromatic heterocycles. The maximum atomic E-state index is 3.85. The van der Waals surface area contributed by atoms with Crippen molar-refractivity contribution in [2.75, 3.05) is 20.6 Å². The van der Waals surface area contributed by atoms with Gasteiger partial charge < -0.3 is 10.2 Å². The summed E-state index contributed by atoms with van der Waals surface area (Å²) in [4.78, 5) is 2.29. The van der Waals surface area contributed by atoms with E-state index in [1.54, 1.807) is 0 Å². The Labute approximate surface area is 95.4 Å². The summed E-state index contributed by atoms with van der Waals surface area (Å²) in [6.45, 7) is 8.18. The van der Waals surface area contributed by atoms with Crippen LogP contribution in [0.2, 0.25) is 0 Å². The number of rotatable bonds is 5. The average molecular weight is 212 g/mol. The van der Waals surface area contributed by atoms with Crippen LogP contribution in [0.3, 0.4) is 0 Å². The maximum absolute atomic E-state index is 3.85. The van der Waals surface area contributed by atoms with Crippen LogP contribution in [0.15, 0.2) is 0 Å². The highest BCUT2D eigenvalue weighted by atomic mass is 15.1. The van der Waals surface area contributed by atoms with Gasteiger partial charge in [0.2, 0.25) is 0 Å². The zero-order chi connectivity index (χ0) is 11.4. The Hall–Kier alpha value is -0.0800. The Bertz CT molecular complexity index is 177. The monoisotopic (exact) mass is 212 g/mol. The smallest absolute Gasteiger partial charge is 0.0220 e. The van der Waals surface area contributed by atoms with Crippen molar-refractivity contribution in [2.24, 2.45) is 11.8 Å². The summed E-state index contributed by atoms with van der Waals surface area (Å²) in [5, 5.41) is 3.85. The van der Waals surface area contributed by atoms with E-state index in [9.17, 15) is 0 Å². The Morgan fingerprint density at radius 3 is 2.33 bits per heavy atom. The lowest BCUT2D eigenvalue weighted by Crippen LogP contribution is -2.47. The molecule has 1 N–H and O–H groups in total. The summed E-state index contributed by atoms with van der Waals surface area (Å²) in [6.07, 6.45) is 4.19. The zero-order valence-electron chi connectivity index (χ0n) is 11.1. The van der Waals surface area contributed by atoms with E-state index < -0.39 is 0 Å². The first kappa shape index (κ1) is 13.0. The van der Waals surface area contributed by atoms with Gasteiger partial charge in [0.15, 0.2) is 0 Å². The molecule has 15 heavy (non-hydrogen) atoms. The van der Waals surface area contributed by atoms with Crippen LogP contribution in [0.1, 0.15) is 40.0 Å². The van der Waals surface area contributed by atoms with Gasteiger partial charge in [-0.3, -0.25) is 0 Å². The second-order valence-corrected chi connectivity index (χ2v) is 5.79. The van der Waals surface area contributed by atoms with E-state index in [0.29, 0.717) is 6.04 Å². The fraction of sp³-hybridized carbons (Fsp3) is 1.00. The molecule has 0 aromatic rings. The lowest BCUT2D eigenvalue weighted by molar-refractivity contribution is 0.254. The highest BCUT2D eigenvalue weighted by Crippen LogP contribution is 2.25. The van der Waals surface area contributed by atoms with Crippen LogP contribution in [0, 0.1) is 11.8 Å². The highest BCUT2D eigenvalue weighted by Gasteiger charge is 2.26. The Kier molecular flexibility index (Phi) is 5.07. The van der Waals surface area contributed by atoms with Crippen LogP contribution >= 0.6 is 0 Å². The molecule has 1 aliphatic rings. The van der Waals surface area contributed by atoms with Crippen molar-refractivity contribution in [3.63, 3.8) is 0 Å². The van der Waals surface area contributed by atoms with Crippen LogP contribution in [0.25, 0.3) is 0 Å². The van der Waals surface area contributed by atoms with Gasteiger partial charge >= 0.3 is 0 Å². The molecular formula is C13H28N2. The summed E-state index contributed by atoms with van der Waals surface area (Å²) in [5.41, 5.74) is 0. The maximum Gasteiger partial charge on any atom is 0.0220 e. The van der Waals surface area contributed by atoms with Crippen molar-refractivity contribution < 1.29 is 0 Å². The van der Waals surface area contributed by atoms with E-state index in [4.69, 9.17) is 0 Å². The van der Waals surface area contributed by atoms with Crippen LogP contribution in [0.5, 0.6) is 0 Å². The molecular weight excluding hydrogens is 184 g/mol. The van der Waals surface area contributed by atoms with E-state index in [0.717, 1.165) is 24.4 Å². The third-order valence-corrected chi connectivity index (χ3v) is 3.66. The summed E-state index contributed by atoms with van der Waals surface area (Å²) in [5.74, 6) is 1.59. The molecule has 0 bridgehead atoms. The molecule has 1 aliphatic carbocycles. The normalized spacial score (nSPS) is 29.0. The fourth-order valence-corrected chi connectivity index (χ4v) is 2.52. The standard InChI is InChI=1S/C13H28N2/c1-10(2)13(9-15(4)5)14-12-8-6-7-11(12)3/h10-14H,6-9H2,1-5H3. The molecule has 0 radical (unpaired) electrons. The van der Waals surface area contributed by atoms with Gasteiger partial charge in [-0.25, -0.2) is 0 Å². The molecule has 0 aliphatic heterocycles. The van der Waals surface area contributed by atoms with Gasteiger partial charge in [-0.15, -0.1) is 0 Å². The van der Waals surface area contributed by atoms with Gasteiger partial charge in [-0.2, -0.15) is 0 Å². The van der Waals surface area contributed by atoms with E-state index in [-0.39, 0.29) is 0 Å². The van der Waals surface area contributed by atoms with Crippen molar-refractivity contribution in [3.05, 3.63) is 0 Å². The zero-order valence-corrected chi connectivity index (χ0v) is 11.1. The van der Waals surface area contributed by atoms with Crippen molar-refractivity contribution in [1.82, 2.24) is 10.2 Å². The Balaban J connectivity index is 2.43. The van der Waals surface area contributed by atoms with Crippen LogP contribution in [-0.4, -0.2) is 37.6 Å². The van der Waals surface area contributed by atoms with E-state index in [2.05, 4.69) is 45.1 Å². The number of nitrogens with zero attached hydrogens (tertiary/aromatic N) is 1. The first-order valence-corrected chi connectivity index (χ1v) is 6.41. The number of hydrogen-bond donors (Lipinski definition) is 1. The minimum Gasteiger partial charge on any atom is -0.309 e. The number of hydrogen-bond acceptors (Lipinski definition) is 2. The minimum absolute atomic E-state index is 0.644. The van der Waals surface area contributed by atoms with Crippen LogP contribution in [0.4, 0.5) is 0 Å². The van der Waals surface area contributed by atoms with Gasteiger partial charge in [-0.05, 0) is 38.8 Å². The summed E-state index contributed by atoms with van der Waals surface area (Å²) >= 11 is 0. The molecule has 0 amide bonds. The minimum atomic E-state index is 0.644. The molecule has 1 fully saturated rings. The third kappa shape index (κ3) is 4.12. The lowest BCUT2D eigenvalue weighted by atomic mass is 9.99. The quantitative estimate of drug-likeness (QED) is 0.752. The van der Waals surface area contributed by atoms with Gasteiger partial charge in [0, 0.05) is 18.6 Å². The first-order valence-electron chi connectivity index (χ1n) is 6.41. The lowest BCUT2D eigenvalue weighted by Gasteiger charge is -2.30. The molecule has 1 saturated carbocycles. The average Bonchev–Trinajstić information content (AvgIpc) is 2.50. The van der Waals surface area contributed by atoms with Gasteiger partial charge in [0.1, 0.15) is 0 Å². The Morgan fingerprint density at radius 1 is 1.27 bits per heavy atom. The molecule has 0 spiro atoms. The number of nitrogens with one attached hydrogen (secondary N) is 1. The molecule has 3 atom stereocenters. The molecule has 0 saturated heterocycles. The van der Waals surface area contributed by atoms with Gasteiger partial charge in [0.05, 0.1) is 0 Å².